The van der Waals surface area contributed by atoms with Crippen LogP contribution in [0.4, 0.5) is 0 Å². The van der Waals surface area contributed by atoms with Gasteiger partial charge in [-0.2, -0.15) is 0 Å². The highest BCUT2D eigenvalue weighted by molar-refractivity contribution is 5.96. The number of pyridine rings is 1. The van der Waals surface area contributed by atoms with E-state index in [-0.39, 0.29) is 5.78 Å². The van der Waals surface area contributed by atoms with Crippen molar-refractivity contribution in [2.45, 2.75) is 33.2 Å². The van der Waals surface area contributed by atoms with Crippen LogP contribution in [0.1, 0.15) is 35.2 Å². The Hall–Kier alpha value is -1.97. The summed E-state index contributed by atoms with van der Waals surface area (Å²) >= 11 is 0. The van der Waals surface area contributed by atoms with Gasteiger partial charge in [-0.25, -0.2) is 4.98 Å². The molecule has 0 aromatic carbocycles. The number of carbonyl (C=O) groups excluding carboxylic acids is 1. The van der Waals surface area contributed by atoms with Gasteiger partial charge in [0.2, 0.25) is 0 Å². The smallest absolute Gasteiger partial charge is 0.188 e. The summed E-state index contributed by atoms with van der Waals surface area (Å²) in [5, 5.41) is 0. The van der Waals surface area contributed by atoms with Crippen molar-refractivity contribution in [1.29, 1.82) is 0 Å². The minimum atomic E-state index is 0.0247. The Kier molecular flexibility index (Phi) is 3.87. The monoisotopic (exact) mass is 243 g/mol. The molecule has 4 heteroatoms. The van der Waals surface area contributed by atoms with Crippen LogP contribution >= 0.6 is 0 Å². The fourth-order valence-electron chi connectivity index (χ4n) is 1.96. The summed E-state index contributed by atoms with van der Waals surface area (Å²) < 4.78 is 2.02. The van der Waals surface area contributed by atoms with Crippen LogP contribution in [0, 0.1) is 6.92 Å². The van der Waals surface area contributed by atoms with Crippen LogP contribution in [-0.2, 0) is 13.0 Å². The molecule has 18 heavy (non-hydrogen) atoms. The lowest BCUT2D eigenvalue weighted by atomic mass is 10.1. The van der Waals surface area contributed by atoms with Crippen LogP contribution in [0.3, 0.4) is 0 Å². The molecule has 2 rings (SSSR count). The SMILES string of the molecule is CCCn1ccnc1CC(=O)c1ncccc1C. The Labute approximate surface area is 107 Å². The first kappa shape index (κ1) is 12.5. The summed E-state index contributed by atoms with van der Waals surface area (Å²) in [4.78, 5) is 20.6. The number of imidazole rings is 1. The number of aryl methyl sites for hydroxylation is 2. The zero-order chi connectivity index (χ0) is 13.0. The van der Waals surface area contributed by atoms with Gasteiger partial charge < -0.3 is 4.57 Å². The highest BCUT2D eigenvalue weighted by Crippen LogP contribution is 2.09. The number of hydrogen-bond acceptors (Lipinski definition) is 3. The highest BCUT2D eigenvalue weighted by Gasteiger charge is 2.13. The molecule has 0 N–H and O–H groups in total. The Bertz CT molecular complexity index is 545. The second kappa shape index (κ2) is 5.58. The molecule has 0 aliphatic rings. The average Bonchev–Trinajstić information content (AvgIpc) is 2.78. The van der Waals surface area contributed by atoms with Crippen LogP contribution in [-0.4, -0.2) is 20.3 Å². The van der Waals surface area contributed by atoms with Crippen LogP contribution in [0.25, 0.3) is 0 Å². The number of ketones is 1. The van der Waals surface area contributed by atoms with E-state index in [4.69, 9.17) is 0 Å². The number of aromatic nitrogens is 3. The Morgan fingerprint density at radius 1 is 1.33 bits per heavy atom. The van der Waals surface area contributed by atoms with E-state index in [0.717, 1.165) is 24.4 Å². The summed E-state index contributed by atoms with van der Waals surface area (Å²) in [7, 11) is 0. The number of rotatable bonds is 5. The third kappa shape index (κ3) is 2.64. The molecule has 0 aliphatic carbocycles. The molecule has 0 fully saturated rings. The largest absolute Gasteiger partial charge is 0.335 e. The fourth-order valence-corrected chi connectivity index (χ4v) is 1.96. The first-order valence-corrected chi connectivity index (χ1v) is 6.17. The molecule has 2 aromatic heterocycles. The quantitative estimate of drug-likeness (QED) is 0.758. The van der Waals surface area contributed by atoms with Crippen molar-refractivity contribution in [2.75, 3.05) is 0 Å². The lowest BCUT2D eigenvalue weighted by Gasteiger charge is -2.06. The van der Waals surface area contributed by atoms with E-state index in [2.05, 4.69) is 16.9 Å². The van der Waals surface area contributed by atoms with Crippen LogP contribution in [0.5, 0.6) is 0 Å². The van der Waals surface area contributed by atoms with Crippen molar-refractivity contribution in [3.63, 3.8) is 0 Å². The van der Waals surface area contributed by atoms with Gasteiger partial charge in [0.05, 0.1) is 6.42 Å². The van der Waals surface area contributed by atoms with E-state index in [0.29, 0.717) is 12.1 Å². The topological polar surface area (TPSA) is 47.8 Å². The van der Waals surface area contributed by atoms with E-state index < -0.39 is 0 Å². The summed E-state index contributed by atoms with van der Waals surface area (Å²) in [5.74, 6) is 0.837. The van der Waals surface area contributed by atoms with E-state index >= 15 is 0 Å². The van der Waals surface area contributed by atoms with Crippen molar-refractivity contribution in [2.24, 2.45) is 0 Å². The number of carbonyl (C=O) groups is 1. The first-order chi connectivity index (χ1) is 8.72. The third-order valence-electron chi connectivity index (χ3n) is 2.86. The van der Waals surface area contributed by atoms with E-state index in [9.17, 15) is 4.79 Å². The first-order valence-electron chi connectivity index (χ1n) is 6.17. The molecule has 0 amide bonds. The zero-order valence-electron chi connectivity index (χ0n) is 10.8. The maximum atomic E-state index is 12.2. The van der Waals surface area contributed by atoms with Gasteiger partial charge in [-0.1, -0.05) is 13.0 Å². The van der Waals surface area contributed by atoms with Gasteiger partial charge >= 0.3 is 0 Å². The predicted molar refractivity (Wildman–Crippen MR) is 69.5 cm³/mol. The van der Waals surface area contributed by atoms with Crippen molar-refractivity contribution < 1.29 is 4.79 Å². The molecule has 0 radical (unpaired) electrons. The van der Waals surface area contributed by atoms with Gasteiger partial charge in [0.1, 0.15) is 11.5 Å². The molecule has 0 aliphatic heterocycles. The molecular weight excluding hydrogens is 226 g/mol. The van der Waals surface area contributed by atoms with Gasteiger partial charge in [-0.3, -0.25) is 9.78 Å². The molecule has 0 saturated carbocycles. The van der Waals surface area contributed by atoms with Crippen molar-refractivity contribution in [3.05, 3.63) is 47.8 Å². The molecule has 94 valence electrons. The number of nitrogens with zero attached hydrogens (tertiary/aromatic N) is 3. The lowest BCUT2D eigenvalue weighted by Crippen LogP contribution is -2.12. The average molecular weight is 243 g/mol. The molecule has 0 saturated heterocycles. The van der Waals surface area contributed by atoms with Gasteiger partial charge in [0.15, 0.2) is 5.78 Å². The van der Waals surface area contributed by atoms with Crippen molar-refractivity contribution >= 4 is 5.78 Å². The summed E-state index contributed by atoms with van der Waals surface area (Å²) in [6.07, 6.45) is 6.64. The third-order valence-corrected chi connectivity index (χ3v) is 2.86. The summed E-state index contributed by atoms with van der Waals surface area (Å²) in [6, 6.07) is 3.74. The highest BCUT2D eigenvalue weighted by atomic mass is 16.1. The maximum absolute atomic E-state index is 12.2. The van der Waals surface area contributed by atoms with Crippen LogP contribution in [0.15, 0.2) is 30.7 Å². The maximum Gasteiger partial charge on any atom is 0.188 e. The minimum absolute atomic E-state index is 0.0247. The molecular formula is C14H17N3O. The molecule has 0 unspecified atom stereocenters. The van der Waals surface area contributed by atoms with Crippen molar-refractivity contribution in [1.82, 2.24) is 14.5 Å². The Morgan fingerprint density at radius 2 is 2.17 bits per heavy atom. The number of hydrogen-bond donors (Lipinski definition) is 0. The normalized spacial score (nSPS) is 10.6. The van der Waals surface area contributed by atoms with E-state index in [1.54, 1.807) is 12.4 Å². The van der Waals surface area contributed by atoms with Gasteiger partial charge in [0, 0.05) is 25.1 Å². The molecule has 0 spiro atoms. The fraction of sp³-hybridized carbons (Fsp3) is 0.357. The van der Waals surface area contributed by atoms with Gasteiger partial charge in [0.25, 0.3) is 0 Å². The predicted octanol–water partition coefficient (Wildman–Crippen LogP) is 2.42. The van der Waals surface area contributed by atoms with Crippen LogP contribution in [0.2, 0.25) is 0 Å². The second-order valence-corrected chi connectivity index (χ2v) is 4.31. The molecule has 2 heterocycles. The standard InChI is InChI=1S/C14H17N3O/c1-3-8-17-9-7-15-13(17)10-12(18)14-11(2)5-4-6-16-14/h4-7,9H,3,8,10H2,1-2H3. The molecule has 0 bridgehead atoms. The molecule has 0 atom stereocenters. The molecule has 2 aromatic rings. The van der Waals surface area contributed by atoms with E-state index in [1.165, 1.54) is 0 Å². The van der Waals surface area contributed by atoms with E-state index in [1.807, 2.05) is 29.8 Å². The molecule has 4 nitrogen and oxygen atoms in total. The Balaban J connectivity index is 2.17. The number of Topliss-reactive ketones (excluding diaryl/α,β-unsaturated/α-hetero) is 1. The summed E-state index contributed by atoms with van der Waals surface area (Å²) in [6.45, 7) is 4.90. The minimum Gasteiger partial charge on any atom is -0.335 e. The lowest BCUT2D eigenvalue weighted by molar-refractivity contribution is 0.0984. The van der Waals surface area contributed by atoms with Crippen LogP contribution < -0.4 is 0 Å². The zero-order valence-corrected chi connectivity index (χ0v) is 10.8. The van der Waals surface area contributed by atoms with Gasteiger partial charge in [-0.05, 0) is 25.0 Å². The van der Waals surface area contributed by atoms with Crippen molar-refractivity contribution in [3.8, 4) is 0 Å². The summed E-state index contributed by atoms with van der Waals surface area (Å²) in [5.41, 5.74) is 1.46. The second-order valence-electron chi connectivity index (χ2n) is 4.31. The Morgan fingerprint density at radius 3 is 2.89 bits per heavy atom. The van der Waals surface area contributed by atoms with Gasteiger partial charge in [-0.15, -0.1) is 0 Å².